The molecule has 1 aliphatic heterocycles. The van der Waals surface area contributed by atoms with Gasteiger partial charge in [0.15, 0.2) is 11.6 Å². The minimum atomic E-state index is -3.55. The van der Waals surface area contributed by atoms with Crippen LogP contribution in [0.2, 0.25) is 0 Å². The number of nitrogens with zero attached hydrogens (tertiary/aromatic N) is 2. The molecule has 0 N–H and O–H groups in total. The number of aryl methyl sites for hydroxylation is 2. The molecule has 3 rings (SSSR count). The molecule has 1 fully saturated rings. The molecule has 2 aromatic carbocycles. The quantitative estimate of drug-likeness (QED) is 0.838. The van der Waals surface area contributed by atoms with Crippen molar-refractivity contribution in [1.29, 1.82) is 0 Å². The molecule has 1 saturated heterocycles. The van der Waals surface area contributed by atoms with Gasteiger partial charge in [0.05, 0.1) is 4.90 Å². The van der Waals surface area contributed by atoms with Crippen LogP contribution in [0, 0.1) is 25.5 Å². The van der Waals surface area contributed by atoms with E-state index < -0.39 is 21.7 Å². The van der Waals surface area contributed by atoms with Gasteiger partial charge in [-0.15, -0.1) is 0 Å². The Hall–Kier alpha value is -1.99. The normalized spacial score (nSPS) is 16.2. The van der Waals surface area contributed by atoms with Crippen molar-refractivity contribution >= 4 is 15.7 Å². The first kappa shape index (κ1) is 17.8. The summed E-state index contributed by atoms with van der Waals surface area (Å²) in [5, 5.41) is 0. The highest BCUT2D eigenvalue weighted by Crippen LogP contribution is 2.23. The van der Waals surface area contributed by atoms with Crippen molar-refractivity contribution in [3.05, 3.63) is 59.2 Å². The van der Waals surface area contributed by atoms with E-state index >= 15 is 0 Å². The first-order chi connectivity index (χ1) is 11.8. The Kier molecular flexibility index (Phi) is 4.79. The number of rotatable bonds is 3. The highest BCUT2D eigenvalue weighted by Gasteiger charge is 2.29. The first-order valence-electron chi connectivity index (χ1n) is 8.06. The van der Waals surface area contributed by atoms with E-state index in [-0.39, 0.29) is 4.90 Å². The minimum absolute atomic E-state index is 0.289. The van der Waals surface area contributed by atoms with E-state index in [9.17, 15) is 17.2 Å². The Labute approximate surface area is 146 Å². The monoisotopic (exact) mass is 366 g/mol. The molecule has 1 aliphatic rings. The maximum atomic E-state index is 13.4. The smallest absolute Gasteiger partial charge is 0.243 e. The molecule has 134 valence electrons. The van der Waals surface area contributed by atoms with Crippen LogP contribution in [0.1, 0.15) is 11.1 Å². The van der Waals surface area contributed by atoms with E-state index in [1.807, 2.05) is 18.7 Å². The fourth-order valence-electron chi connectivity index (χ4n) is 2.89. The maximum absolute atomic E-state index is 13.4. The predicted octanol–water partition coefficient (Wildman–Crippen LogP) is 3.09. The summed E-state index contributed by atoms with van der Waals surface area (Å²) in [6.07, 6.45) is 0. The van der Waals surface area contributed by atoms with E-state index in [4.69, 9.17) is 0 Å². The molecule has 0 aromatic heterocycles. The van der Waals surface area contributed by atoms with Gasteiger partial charge < -0.3 is 4.90 Å². The zero-order chi connectivity index (χ0) is 18.2. The van der Waals surface area contributed by atoms with Gasteiger partial charge in [0, 0.05) is 37.9 Å². The molecule has 0 aliphatic carbocycles. The third-order valence-electron chi connectivity index (χ3n) is 4.62. The Balaban J connectivity index is 1.74. The van der Waals surface area contributed by atoms with Gasteiger partial charge in [-0.05, 0) is 49.2 Å². The molecule has 1 heterocycles. The lowest BCUT2D eigenvalue weighted by molar-refractivity contribution is 0.384. The van der Waals surface area contributed by atoms with Gasteiger partial charge in [0.25, 0.3) is 0 Å². The molecule has 0 atom stereocenters. The Morgan fingerprint density at radius 3 is 2.12 bits per heavy atom. The summed E-state index contributed by atoms with van der Waals surface area (Å²) in [5.41, 5.74) is 2.53. The summed E-state index contributed by atoms with van der Waals surface area (Å²) in [5.74, 6) is -1.79. The van der Waals surface area contributed by atoms with Crippen LogP contribution < -0.4 is 4.90 Å². The van der Waals surface area contributed by atoms with Gasteiger partial charge in [0.1, 0.15) is 0 Å². The van der Waals surface area contributed by atoms with Crippen molar-refractivity contribution < 1.29 is 17.2 Å². The van der Waals surface area contributed by atoms with Crippen LogP contribution in [0.25, 0.3) is 0 Å². The van der Waals surface area contributed by atoms with Gasteiger partial charge in [-0.1, -0.05) is 6.07 Å². The van der Waals surface area contributed by atoms with Crippen LogP contribution in [-0.2, 0) is 10.0 Å². The van der Waals surface area contributed by atoms with E-state index in [1.54, 1.807) is 18.2 Å². The highest BCUT2D eigenvalue weighted by atomic mass is 32.2. The number of anilines is 1. The maximum Gasteiger partial charge on any atom is 0.243 e. The van der Waals surface area contributed by atoms with Crippen molar-refractivity contribution in [3.8, 4) is 0 Å². The number of sulfonamides is 1. The van der Waals surface area contributed by atoms with E-state index in [0.717, 1.165) is 23.3 Å². The van der Waals surface area contributed by atoms with Gasteiger partial charge in [0.2, 0.25) is 10.0 Å². The average molecular weight is 366 g/mol. The van der Waals surface area contributed by atoms with Crippen LogP contribution in [0.15, 0.2) is 41.3 Å². The number of benzene rings is 2. The average Bonchev–Trinajstić information content (AvgIpc) is 2.60. The van der Waals surface area contributed by atoms with Crippen molar-refractivity contribution in [2.75, 3.05) is 31.1 Å². The second-order valence-electron chi connectivity index (χ2n) is 6.24. The Morgan fingerprint density at radius 1 is 0.840 bits per heavy atom. The lowest BCUT2D eigenvalue weighted by Crippen LogP contribution is -2.48. The van der Waals surface area contributed by atoms with Gasteiger partial charge >= 0.3 is 0 Å². The zero-order valence-electron chi connectivity index (χ0n) is 14.2. The molecular formula is C18H20F2N2O2S. The van der Waals surface area contributed by atoms with Gasteiger partial charge in [-0.3, -0.25) is 0 Å². The molecule has 0 radical (unpaired) electrons. The number of hydrogen-bond donors (Lipinski definition) is 0. The van der Waals surface area contributed by atoms with E-state index in [0.29, 0.717) is 31.9 Å². The van der Waals surface area contributed by atoms with Crippen LogP contribution in [0.4, 0.5) is 14.5 Å². The van der Waals surface area contributed by atoms with Crippen LogP contribution in [-0.4, -0.2) is 38.9 Å². The molecule has 0 spiro atoms. The standard InChI is InChI=1S/C18H20F2N2O2S/c1-13-3-5-16(11-14(13)2)25(23,24)22-9-7-21(8-10-22)15-4-6-17(19)18(20)12-15/h3-6,11-12H,7-10H2,1-2H3. The third kappa shape index (κ3) is 3.52. The molecule has 7 heteroatoms. The lowest BCUT2D eigenvalue weighted by atomic mass is 10.1. The molecule has 0 saturated carbocycles. The van der Waals surface area contributed by atoms with Crippen molar-refractivity contribution in [2.45, 2.75) is 18.7 Å². The van der Waals surface area contributed by atoms with E-state index in [1.165, 1.54) is 10.4 Å². The summed E-state index contributed by atoms with van der Waals surface area (Å²) < 4.78 is 53.5. The van der Waals surface area contributed by atoms with Crippen molar-refractivity contribution in [1.82, 2.24) is 4.31 Å². The van der Waals surface area contributed by atoms with Crippen molar-refractivity contribution in [3.63, 3.8) is 0 Å². The highest BCUT2D eigenvalue weighted by molar-refractivity contribution is 7.89. The van der Waals surface area contributed by atoms with Crippen molar-refractivity contribution in [2.24, 2.45) is 0 Å². The topological polar surface area (TPSA) is 40.6 Å². The van der Waals surface area contributed by atoms with Crippen LogP contribution in [0.3, 0.4) is 0 Å². The molecule has 2 aromatic rings. The molecular weight excluding hydrogens is 346 g/mol. The molecule has 0 amide bonds. The molecule has 0 unspecified atom stereocenters. The Morgan fingerprint density at radius 2 is 1.52 bits per heavy atom. The SMILES string of the molecule is Cc1ccc(S(=O)(=O)N2CCN(c3ccc(F)c(F)c3)CC2)cc1C. The fourth-order valence-corrected chi connectivity index (χ4v) is 4.40. The second-order valence-corrected chi connectivity index (χ2v) is 8.17. The molecule has 25 heavy (non-hydrogen) atoms. The molecule has 0 bridgehead atoms. The molecule has 4 nitrogen and oxygen atoms in total. The third-order valence-corrected chi connectivity index (χ3v) is 6.52. The van der Waals surface area contributed by atoms with Crippen LogP contribution >= 0.6 is 0 Å². The second kappa shape index (κ2) is 6.72. The van der Waals surface area contributed by atoms with Gasteiger partial charge in [-0.2, -0.15) is 4.31 Å². The fraction of sp³-hybridized carbons (Fsp3) is 0.333. The summed E-state index contributed by atoms with van der Waals surface area (Å²) >= 11 is 0. The predicted molar refractivity (Wildman–Crippen MR) is 93.2 cm³/mol. The number of hydrogen-bond acceptors (Lipinski definition) is 3. The lowest BCUT2D eigenvalue weighted by Gasteiger charge is -2.35. The first-order valence-corrected chi connectivity index (χ1v) is 9.50. The Bertz CT molecular complexity index is 892. The van der Waals surface area contributed by atoms with Gasteiger partial charge in [-0.25, -0.2) is 17.2 Å². The summed E-state index contributed by atoms with van der Waals surface area (Å²) in [6.45, 7) is 5.27. The van der Waals surface area contributed by atoms with E-state index in [2.05, 4.69) is 0 Å². The summed E-state index contributed by atoms with van der Waals surface area (Å²) in [4.78, 5) is 2.14. The number of halogens is 2. The summed E-state index contributed by atoms with van der Waals surface area (Å²) in [6, 6.07) is 8.85. The largest absolute Gasteiger partial charge is 0.369 e. The van der Waals surface area contributed by atoms with Crippen LogP contribution in [0.5, 0.6) is 0 Å². The zero-order valence-corrected chi connectivity index (χ0v) is 15.0. The summed E-state index contributed by atoms with van der Waals surface area (Å²) in [7, 11) is -3.55. The minimum Gasteiger partial charge on any atom is -0.369 e. The number of piperazine rings is 1.